The van der Waals surface area contributed by atoms with Gasteiger partial charge in [0.25, 0.3) is 5.56 Å². The molecule has 1 aromatic heterocycles. The van der Waals surface area contributed by atoms with Gasteiger partial charge < -0.3 is 4.57 Å². The first kappa shape index (κ1) is 8.96. The molecule has 4 nitrogen and oxygen atoms in total. The predicted octanol–water partition coefficient (Wildman–Crippen LogP) is -0.309. The molecule has 1 aromatic rings. The number of hydrogen-bond acceptors (Lipinski definition) is 3. The molecule has 12 heavy (non-hydrogen) atoms. The van der Waals surface area contributed by atoms with Crippen molar-refractivity contribution in [3.05, 3.63) is 34.2 Å². The first-order valence-electron chi connectivity index (χ1n) is 3.71. The van der Waals surface area contributed by atoms with E-state index in [0.29, 0.717) is 6.54 Å². The monoisotopic (exact) mass is 167 g/mol. The quantitative estimate of drug-likeness (QED) is 0.485. The van der Waals surface area contributed by atoms with Gasteiger partial charge in [0.2, 0.25) is 0 Å². The van der Waals surface area contributed by atoms with Crippen LogP contribution in [0, 0.1) is 0 Å². The standard InChI is InChI=1S/C8H13N3O/c1-10-4-3-7(5-8(10)12)6-11(2)9/h3-5H,6,9H2,1-2H3. The van der Waals surface area contributed by atoms with Crippen LogP contribution < -0.4 is 11.4 Å². The largest absolute Gasteiger partial charge is 0.319 e. The van der Waals surface area contributed by atoms with Crippen LogP contribution >= 0.6 is 0 Å². The van der Waals surface area contributed by atoms with E-state index < -0.39 is 0 Å². The number of aromatic nitrogens is 1. The summed E-state index contributed by atoms with van der Waals surface area (Å²) in [7, 11) is 3.48. The summed E-state index contributed by atoms with van der Waals surface area (Å²) in [5.74, 6) is 5.44. The Bertz CT molecular complexity index is 316. The van der Waals surface area contributed by atoms with Gasteiger partial charge in [0.15, 0.2) is 0 Å². The maximum atomic E-state index is 11.1. The molecule has 0 amide bonds. The van der Waals surface area contributed by atoms with Crippen molar-refractivity contribution in [2.24, 2.45) is 12.9 Å². The van der Waals surface area contributed by atoms with Gasteiger partial charge in [0, 0.05) is 32.9 Å². The van der Waals surface area contributed by atoms with Crippen LogP contribution in [0.5, 0.6) is 0 Å². The van der Waals surface area contributed by atoms with Gasteiger partial charge in [-0.05, 0) is 11.6 Å². The molecule has 0 radical (unpaired) electrons. The second kappa shape index (κ2) is 3.51. The molecule has 0 aliphatic carbocycles. The molecule has 0 bridgehead atoms. The van der Waals surface area contributed by atoms with Crippen molar-refractivity contribution in [3.63, 3.8) is 0 Å². The molecule has 0 atom stereocenters. The van der Waals surface area contributed by atoms with Crippen molar-refractivity contribution in [2.75, 3.05) is 7.05 Å². The minimum absolute atomic E-state index is 0.00523. The van der Waals surface area contributed by atoms with E-state index in [1.807, 2.05) is 6.07 Å². The highest BCUT2D eigenvalue weighted by molar-refractivity contribution is 5.10. The number of aryl methyl sites for hydroxylation is 1. The lowest BCUT2D eigenvalue weighted by molar-refractivity contribution is 0.341. The van der Waals surface area contributed by atoms with E-state index in [0.717, 1.165) is 5.56 Å². The van der Waals surface area contributed by atoms with E-state index >= 15 is 0 Å². The van der Waals surface area contributed by atoms with Crippen molar-refractivity contribution in [1.29, 1.82) is 0 Å². The van der Waals surface area contributed by atoms with E-state index in [1.54, 1.807) is 26.4 Å². The summed E-state index contributed by atoms with van der Waals surface area (Å²) in [6.07, 6.45) is 1.74. The Morgan fingerprint density at radius 3 is 2.83 bits per heavy atom. The molecular weight excluding hydrogens is 154 g/mol. The van der Waals surface area contributed by atoms with E-state index in [4.69, 9.17) is 5.84 Å². The van der Waals surface area contributed by atoms with Crippen LogP contribution in [-0.2, 0) is 13.6 Å². The van der Waals surface area contributed by atoms with Crippen LogP contribution in [0.15, 0.2) is 23.1 Å². The van der Waals surface area contributed by atoms with Crippen LogP contribution in [0.25, 0.3) is 0 Å². The summed E-state index contributed by atoms with van der Waals surface area (Å²) in [5.41, 5.74) is 0.928. The van der Waals surface area contributed by atoms with E-state index in [1.165, 1.54) is 9.58 Å². The van der Waals surface area contributed by atoms with E-state index in [-0.39, 0.29) is 5.56 Å². The number of rotatable bonds is 2. The lowest BCUT2D eigenvalue weighted by Crippen LogP contribution is -2.26. The highest BCUT2D eigenvalue weighted by Gasteiger charge is 1.96. The highest BCUT2D eigenvalue weighted by Crippen LogP contribution is 1.95. The molecule has 0 aliphatic heterocycles. The predicted molar refractivity (Wildman–Crippen MR) is 47.3 cm³/mol. The number of hydrazine groups is 1. The number of hydrogen-bond donors (Lipinski definition) is 1. The van der Waals surface area contributed by atoms with Gasteiger partial charge in [-0.3, -0.25) is 10.6 Å². The number of pyridine rings is 1. The summed E-state index contributed by atoms with van der Waals surface area (Å²) < 4.78 is 1.53. The Kier molecular flexibility index (Phi) is 2.62. The summed E-state index contributed by atoms with van der Waals surface area (Å²) >= 11 is 0. The summed E-state index contributed by atoms with van der Waals surface area (Å²) in [6.45, 7) is 0.593. The molecule has 4 heteroatoms. The second-order valence-electron chi connectivity index (χ2n) is 2.90. The summed E-state index contributed by atoms with van der Waals surface area (Å²) in [4.78, 5) is 11.1. The van der Waals surface area contributed by atoms with Gasteiger partial charge in [0.1, 0.15) is 0 Å². The zero-order chi connectivity index (χ0) is 9.14. The molecule has 0 spiro atoms. The first-order valence-corrected chi connectivity index (χ1v) is 3.71. The van der Waals surface area contributed by atoms with Crippen LogP contribution in [0.1, 0.15) is 5.56 Å². The molecule has 1 heterocycles. The minimum atomic E-state index is -0.00523. The Labute approximate surface area is 71.2 Å². The maximum absolute atomic E-state index is 11.1. The summed E-state index contributed by atoms with van der Waals surface area (Å²) in [6, 6.07) is 3.47. The number of nitrogens with zero attached hydrogens (tertiary/aromatic N) is 2. The van der Waals surface area contributed by atoms with Crippen LogP contribution in [0.3, 0.4) is 0 Å². The lowest BCUT2D eigenvalue weighted by atomic mass is 10.2. The molecule has 66 valence electrons. The molecule has 0 fully saturated rings. The van der Waals surface area contributed by atoms with Gasteiger partial charge in [-0.2, -0.15) is 0 Å². The van der Waals surface area contributed by atoms with Crippen LogP contribution in [0.4, 0.5) is 0 Å². The molecule has 0 unspecified atom stereocenters. The molecule has 0 aliphatic rings. The SMILES string of the molecule is CN(N)Cc1ccn(C)c(=O)c1. The van der Waals surface area contributed by atoms with Gasteiger partial charge in [0.05, 0.1) is 0 Å². The molecule has 0 saturated carbocycles. The van der Waals surface area contributed by atoms with Crippen molar-refractivity contribution < 1.29 is 0 Å². The third-order valence-corrected chi connectivity index (χ3v) is 1.60. The fraction of sp³-hybridized carbons (Fsp3) is 0.375. The van der Waals surface area contributed by atoms with E-state index in [2.05, 4.69) is 0 Å². The van der Waals surface area contributed by atoms with Crippen LogP contribution in [-0.4, -0.2) is 16.6 Å². The van der Waals surface area contributed by atoms with E-state index in [9.17, 15) is 4.79 Å². The molecule has 0 saturated heterocycles. The lowest BCUT2D eigenvalue weighted by Gasteiger charge is -2.08. The molecule has 2 N–H and O–H groups in total. The van der Waals surface area contributed by atoms with Crippen molar-refractivity contribution in [1.82, 2.24) is 9.58 Å². The smallest absolute Gasteiger partial charge is 0.250 e. The van der Waals surface area contributed by atoms with Gasteiger partial charge in [-0.1, -0.05) is 0 Å². The zero-order valence-corrected chi connectivity index (χ0v) is 7.32. The first-order chi connectivity index (χ1) is 5.59. The average Bonchev–Trinajstić information content (AvgIpc) is 1.96. The van der Waals surface area contributed by atoms with Crippen molar-refractivity contribution >= 4 is 0 Å². The van der Waals surface area contributed by atoms with Crippen LogP contribution in [0.2, 0.25) is 0 Å². The molecule has 0 aromatic carbocycles. The number of nitrogens with two attached hydrogens (primary N) is 1. The Morgan fingerprint density at radius 1 is 1.67 bits per heavy atom. The summed E-state index contributed by atoms with van der Waals surface area (Å²) in [5, 5.41) is 1.54. The highest BCUT2D eigenvalue weighted by atomic mass is 16.1. The van der Waals surface area contributed by atoms with Crippen molar-refractivity contribution in [3.8, 4) is 0 Å². The van der Waals surface area contributed by atoms with Crippen molar-refractivity contribution in [2.45, 2.75) is 6.54 Å². The minimum Gasteiger partial charge on any atom is -0.319 e. The second-order valence-corrected chi connectivity index (χ2v) is 2.90. The third-order valence-electron chi connectivity index (χ3n) is 1.60. The average molecular weight is 167 g/mol. The fourth-order valence-corrected chi connectivity index (χ4v) is 0.976. The third kappa shape index (κ3) is 2.18. The van der Waals surface area contributed by atoms with Gasteiger partial charge >= 0.3 is 0 Å². The Morgan fingerprint density at radius 2 is 2.33 bits per heavy atom. The molecule has 1 rings (SSSR count). The topological polar surface area (TPSA) is 51.3 Å². The Hall–Kier alpha value is -1.13. The van der Waals surface area contributed by atoms with Gasteiger partial charge in [-0.25, -0.2) is 5.01 Å². The zero-order valence-electron chi connectivity index (χ0n) is 7.32. The Balaban J connectivity index is 2.90. The van der Waals surface area contributed by atoms with Gasteiger partial charge in [-0.15, -0.1) is 0 Å². The normalized spacial score (nSPS) is 10.7. The maximum Gasteiger partial charge on any atom is 0.250 e. The molecular formula is C8H13N3O. The fourth-order valence-electron chi connectivity index (χ4n) is 0.976.